The lowest BCUT2D eigenvalue weighted by molar-refractivity contribution is -0.0277. The molecule has 1 atom stereocenters. The number of benzene rings is 1. The lowest BCUT2D eigenvalue weighted by Gasteiger charge is -2.47. The normalized spacial score (nSPS) is 23.6. The fourth-order valence-corrected chi connectivity index (χ4v) is 4.96. The standard InChI is InChI=1S/C21H28N2O3/c1-14-7-15(2)20-18(8-14)16(9-19(25)26-20)11-23-12-17(24)10-21(13-23)3-5-22-6-4-21/h7-9,17,22,24H,3-6,10-13H2,1-2H3. The van der Waals surface area contributed by atoms with E-state index in [0.29, 0.717) is 18.7 Å². The smallest absolute Gasteiger partial charge is 0.336 e. The summed E-state index contributed by atoms with van der Waals surface area (Å²) in [5, 5.41) is 14.9. The van der Waals surface area contributed by atoms with E-state index < -0.39 is 0 Å². The fourth-order valence-electron chi connectivity index (χ4n) is 4.96. The van der Waals surface area contributed by atoms with Crippen LogP contribution in [0.4, 0.5) is 0 Å². The van der Waals surface area contributed by atoms with Crippen molar-refractivity contribution in [2.75, 3.05) is 26.2 Å². The molecule has 0 amide bonds. The van der Waals surface area contributed by atoms with Gasteiger partial charge in [0.05, 0.1) is 6.10 Å². The quantitative estimate of drug-likeness (QED) is 0.809. The van der Waals surface area contributed by atoms with Crippen molar-refractivity contribution in [2.45, 2.75) is 45.8 Å². The van der Waals surface area contributed by atoms with Gasteiger partial charge in [0, 0.05) is 31.1 Å². The molecule has 5 heteroatoms. The molecule has 0 radical (unpaired) electrons. The first-order valence-corrected chi connectivity index (χ1v) is 9.59. The van der Waals surface area contributed by atoms with E-state index in [0.717, 1.165) is 55.4 Å². The zero-order chi connectivity index (χ0) is 18.3. The highest BCUT2D eigenvalue weighted by molar-refractivity contribution is 5.83. The predicted octanol–water partition coefficient (Wildman–Crippen LogP) is 2.35. The number of hydrogen-bond donors (Lipinski definition) is 2. The van der Waals surface area contributed by atoms with Gasteiger partial charge < -0.3 is 14.8 Å². The number of likely N-dealkylation sites (tertiary alicyclic amines) is 1. The lowest BCUT2D eigenvalue weighted by Crippen LogP contribution is -2.52. The monoisotopic (exact) mass is 356 g/mol. The van der Waals surface area contributed by atoms with Crippen molar-refractivity contribution >= 4 is 11.0 Å². The van der Waals surface area contributed by atoms with Crippen LogP contribution in [0.1, 0.15) is 36.0 Å². The lowest BCUT2D eigenvalue weighted by atomic mass is 9.72. The Balaban J connectivity index is 1.67. The minimum absolute atomic E-state index is 0.198. The Bertz CT molecular complexity index is 867. The van der Waals surface area contributed by atoms with E-state index in [2.05, 4.69) is 23.2 Å². The Morgan fingerprint density at radius 1 is 1.27 bits per heavy atom. The first-order valence-electron chi connectivity index (χ1n) is 9.59. The molecule has 1 spiro atoms. The molecule has 4 rings (SSSR count). The molecule has 1 unspecified atom stereocenters. The van der Waals surface area contributed by atoms with Crippen LogP contribution in [0.2, 0.25) is 0 Å². The first-order chi connectivity index (χ1) is 12.4. The molecule has 2 fully saturated rings. The topological polar surface area (TPSA) is 65.7 Å². The van der Waals surface area contributed by atoms with Gasteiger partial charge in [-0.3, -0.25) is 4.90 Å². The second kappa shape index (κ2) is 6.80. The summed E-state index contributed by atoms with van der Waals surface area (Å²) in [6, 6.07) is 5.77. The Morgan fingerprint density at radius 3 is 2.81 bits per heavy atom. The third-order valence-corrected chi connectivity index (χ3v) is 6.01. The Hall–Kier alpha value is -1.69. The van der Waals surface area contributed by atoms with Crippen LogP contribution in [-0.2, 0) is 6.54 Å². The third kappa shape index (κ3) is 3.43. The minimum Gasteiger partial charge on any atom is -0.422 e. The molecular formula is C21H28N2O3. The van der Waals surface area contributed by atoms with E-state index in [1.54, 1.807) is 6.07 Å². The number of aliphatic hydroxyl groups excluding tert-OH is 1. The SMILES string of the molecule is Cc1cc(C)c2oc(=O)cc(CN3CC(O)CC4(CCNCC4)C3)c2c1. The number of fused-ring (bicyclic) bond motifs is 1. The van der Waals surface area contributed by atoms with Crippen LogP contribution in [0.3, 0.4) is 0 Å². The van der Waals surface area contributed by atoms with Crippen LogP contribution in [0.25, 0.3) is 11.0 Å². The zero-order valence-electron chi connectivity index (χ0n) is 15.7. The van der Waals surface area contributed by atoms with Crippen LogP contribution < -0.4 is 10.9 Å². The highest BCUT2D eigenvalue weighted by Gasteiger charge is 2.40. The Kier molecular flexibility index (Phi) is 4.63. The van der Waals surface area contributed by atoms with Gasteiger partial charge >= 0.3 is 5.63 Å². The summed E-state index contributed by atoms with van der Waals surface area (Å²) >= 11 is 0. The Morgan fingerprint density at radius 2 is 2.04 bits per heavy atom. The van der Waals surface area contributed by atoms with Gasteiger partial charge in [0.25, 0.3) is 0 Å². The maximum Gasteiger partial charge on any atom is 0.336 e. The molecule has 2 saturated heterocycles. The second-order valence-electron chi connectivity index (χ2n) is 8.33. The average molecular weight is 356 g/mol. The summed E-state index contributed by atoms with van der Waals surface area (Å²) in [5.74, 6) is 0. The number of aryl methyl sites for hydroxylation is 2. The summed E-state index contributed by atoms with van der Waals surface area (Å²) < 4.78 is 5.48. The molecule has 1 aromatic heterocycles. The van der Waals surface area contributed by atoms with E-state index in [1.165, 1.54) is 5.56 Å². The molecule has 2 N–H and O–H groups in total. The van der Waals surface area contributed by atoms with E-state index in [9.17, 15) is 9.90 Å². The van der Waals surface area contributed by atoms with Gasteiger partial charge in [0.15, 0.2) is 0 Å². The maximum atomic E-state index is 12.1. The summed E-state index contributed by atoms with van der Waals surface area (Å²) in [6.07, 6.45) is 2.81. The van der Waals surface area contributed by atoms with Crippen molar-refractivity contribution in [3.8, 4) is 0 Å². The highest BCUT2D eigenvalue weighted by Crippen LogP contribution is 2.39. The minimum atomic E-state index is -0.298. The van der Waals surface area contributed by atoms with Gasteiger partial charge in [-0.25, -0.2) is 4.79 Å². The molecule has 0 saturated carbocycles. The maximum absolute atomic E-state index is 12.1. The van der Waals surface area contributed by atoms with Crippen molar-refractivity contribution in [3.63, 3.8) is 0 Å². The van der Waals surface area contributed by atoms with E-state index in [1.807, 2.05) is 13.0 Å². The molecular weight excluding hydrogens is 328 g/mol. The average Bonchev–Trinajstić information content (AvgIpc) is 2.56. The van der Waals surface area contributed by atoms with Gasteiger partial charge in [-0.05, 0) is 74.4 Å². The molecule has 0 bridgehead atoms. The van der Waals surface area contributed by atoms with Crippen LogP contribution >= 0.6 is 0 Å². The van der Waals surface area contributed by atoms with Crippen LogP contribution in [0.5, 0.6) is 0 Å². The van der Waals surface area contributed by atoms with Gasteiger partial charge in [-0.15, -0.1) is 0 Å². The van der Waals surface area contributed by atoms with Crippen LogP contribution in [-0.4, -0.2) is 42.3 Å². The summed E-state index contributed by atoms with van der Waals surface area (Å²) in [4.78, 5) is 14.4. The molecule has 26 heavy (non-hydrogen) atoms. The molecule has 0 aliphatic carbocycles. The number of hydrogen-bond acceptors (Lipinski definition) is 5. The van der Waals surface area contributed by atoms with E-state index in [4.69, 9.17) is 4.42 Å². The van der Waals surface area contributed by atoms with Gasteiger partial charge in [-0.1, -0.05) is 6.07 Å². The van der Waals surface area contributed by atoms with Gasteiger partial charge in [-0.2, -0.15) is 0 Å². The van der Waals surface area contributed by atoms with Crippen LogP contribution in [0.15, 0.2) is 27.4 Å². The third-order valence-electron chi connectivity index (χ3n) is 6.01. The van der Waals surface area contributed by atoms with Crippen molar-refractivity contribution in [2.24, 2.45) is 5.41 Å². The highest BCUT2D eigenvalue weighted by atomic mass is 16.4. The fraction of sp³-hybridized carbons (Fsp3) is 0.571. The van der Waals surface area contributed by atoms with E-state index in [-0.39, 0.29) is 17.1 Å². The largest absolute Gasteiger partial charge is 0.422 e. The number of nitrogens with zero attached hydrogens (tertiary/aromatic N) is 1. The van der Waals surface area contributed by atoms with Crippen molar-refractivity contribution < 1.29 is 9.52 Å². The molecule has 1 aromatic carbocycles. The van der Waals surface area contributed by atoms with Gasteiger partial charge in [0.2, 0.25) is 0 Å². The summed E-state index contributed by atoms with van der Waals surface area (Å²) in [5.41, 5.74) is 3.75. The summed E-state index contributed by atoms with van der Waals surface area (Å²) in [6.45, 7) is 8.43. The van der Waals surface area contributed by atoms with Crippen molar-refractivity contribution in [1.29, 1.82) is 0 Å². The number of piperidine rings is 2. The molecule has 2 aromatic rings. The second-order valence-corrected chi connectivity index (χ2v) is 8.33. The molecule has 5 nitrogen and oxygen atoms in total. The molecule has 2 aliphatic rings. The summed E-state index contributed by atoms with van der Waals surface area (Å²) in [7, 11) is 0. The van der Waals surface area contributed by atoms with Gasteiger partial charge in [0.1, 0.15) is 5.58 Å². The molecule has 2 aliphatic heterocycles. The number of β-amino-alcohol motifs (C(OH)–C–C–N with tert-alkyl or cyclic N) is 1. The van der Waals surface area contributed by atoms with Crippen LogP contribution in [0, 0.1) is 19.3 Å². The predicted molar refractivity (Wildman–Crippen MR) is 102 cm³/mol. The number of nitrogens with one attached hydrogen (secondary N) is 1. The number of rotatable bonds is 2. The Labute approximate surface area is 154 Å². The van der Waals surface area contributed by atoms with Crippen molar-refractivity contribution in [1.82, 2.24) is 10.2 Å². The van der Waals surface area contributed by atoms with Crippen molar-refractivity contribution in [3.05, 3.63) is 45.3 Å². The first kappa shape index (κ1) is 17.7. The molecule has 140 valence electrons. The zero-order valence-corrected chi connectivity index (χ0v) is 15.7. The van der Waals surface area contributed by atoms with E-state index >= 15 is 0 Å². The molecule has 3 heterocycles. The number of aliphatic hydroxyl groups is 1.